The summed E-state index contributed by atoms with van der Waals surface area (Å²) in [5, 5.41) is 0. The molecule has 0 spiro atoms. The normalized spacial score (nSPS) is 12.5. The molecule has 0 N–H and O–H groups in total. The van der Waals surface area contributed by atoms with Crippen LogP contribution in [0, 0.1) is 0 Å². The number of hydrogen-bond acceptors (Lipinski definition) is 6. The third-order valence-corrected chi connectivity index (χ3v) is 12.3. The number of esters is 3. The van der Waals surface area contributed by atoms with E-state index in [-0.39, 0.29) is 31.1 Å². The first-order valence-electron chi connectivity index (χ1n) is 28.3. The number of ether oxygens (including phenoxy) is 3. The molecule has 0 aliphatic heterocycles. The van der Waals surface area contributed by atoms with Gasteiger partial charge in [0.05, 0.1) is 0 Å². The van der Waals surface area contributed by atoms with Crippen LogP contribution in [-0.4, -0.2) is 37.2 Å². The van der Waals surface area contributed by atoms with E-state index in [9.17, 15) is 14.4 Å². The maximum absolute atomic E-state index is 12.8. The number of carbonyl (C=O) groups is 3. The molecule has 0 bridgehead atoms. The highest BCUT2D eigenvalue weighted by molar-refractivity contribution is 5.71. The summed E-state index contributed by atoms with van der Waals surface area (Å²) in [6, 6.07) is 0. The number of rotatable bonds is 51. The molecule has 0 amide bonds. The van der Waals surface area contributed by atoms with Gasteiger partial charge in [-0.3, -0.25) is 14.4 Å². The Balaban J connectivity index is 4.33. The predicted octanol–water partition coefficient (Wildman–Crippen LogP) is 18.8. The number of hydrogen-bond donors (Lipinski definition) is 0. The molecule has 1 atom stereocenters. The lowest BCUT2D eigenvalue weighted by molar-refractivity contribution is -0.167. The van der Waals surface area contributed by atoms with Crippen LogP contribution in [0.5, 0.6) is 0 Å². The first-order chi connectivity index (χ1) is 32.5. The van der Waals surface area contributed by atoms with Gasteiger partial charge in [0.2, 0.25) is 0 Å². The van der Waals surface area contributed by atoms with Crippen LogP contribution in [0.4, 0.5) is 0 Å². The Morgan fingerprint density at radius 3 is 0.970 bits per heavy atom. The molecule has 382 valence electrons. The summed E-state index contributed by atoms with van der Waals surface area (Å²) >= 11 is 0. The Labute approximate surface area is 409 Å². The van der Waals surface area contributed by atoms with Crippen LogP contribution in [0.25, 0.3) is 0 Å². The monoisotopic (exact) mass is 923 g/mol. The van der Waals surface area contributed by atoms with Gasteiger partial charge in [-0.15, -0.1) is 0 Å². The average Bonchev–Trinajstić information content (AvgIpc) is 3.31. The molecule has 6 nitrogen and oxygen atoms in total. The third-order valence-electron chi connectivity index (χ3n) is 12.3. The molecule has 6 heteroatoms. The Kier molecular flexibility index (Phi) is 52.3. The first kappa shape index (κ1) is 63.1. The largest absolute Gasteiger partial charge is 0.462 e. The van der Waals surface area contributed by atoms with Crippen molar-refractivity contribution >= 4 is 17.9 Å². The summed E-state index contributed by atoms with van der Waals surface area (Å²) in [5.41, 5.74) is 0. The lowest BCUT2D eigenvalue weighted by Crippen LogP contribution is -2.30. The Hall–Kier alpha value is -2.89. The van der Waals surface area contributed by atoms with Crippen LogP contribution >= 0.6 is 0 Å². The highest BCUT2D eigenvalue weighted by Gasteiger charge is 2.19. The van der Waals surface area contributed by atoms with E-state index in [0.29, 0.717) is 19.3 Å². The van der Waals surface area contributed by atoms with Gasteiger partial charge in [-0.05, 0) is 83.5 Å². The number of unbranched alkanes of at least 4 members (excludes halogenated alkanes) is 30. The lowest BCUT2D eigenvalue weighted by atomic mass is 10.0. The van der Waals surface area contributed by atoms with Crippen LogP contribution < -0.4 is 0 Å². The van der Waals surface area contributed by atoms with Crippen LogP contribution in [0.15, 0.2) is 60.8 Å². The molecule has 1 unspecified atom stereocenters. The van der Waals surface area contributed by atoms with Gasteiger partial charge in [0.15, 0.2) is 6.10 Å². The molecule has 0 aromatic rings. The van der Waals surface area contributed by atoms with E-state index < -0.39 is 6.10 Å². The van der Waals surface area contributed by atoms with Crippen molar-refractivity contribution in [2.45, 2.75) is 290 Å². The number of carbonyl (C=O) groups excluding carboxylic acids is 3. The first-order valence-corrected chi connectivity index (χ1v) is 28.3. The van der Waals surface area contributed by atoms with Gasteiger partial charge in [0, 0.05) is 19.3 Å². The van der Waals surface area contributed by atoms with Crippen molar-refractivity contribution in [3.63, 3.8) is 0 Å². The summed E-state index contributed by atoms with van der Waals surface area (Å²) in [6.45, 7) is 6.51. The topological polar surface area (TPSA) is 78.9 Å². The van der Waals surface area contributed by atoms with Gasteiger partial charge in [0.1, 0.15) is 13.2 Å². The molecule has 0 saturated heterocycles. The molecule has 0 aromatic carbocycles. The van der Waals surface area contributed by atoms with Gasteiger partial charge in [0.25, 0.3) is 0 Å². The SMILES string of the molecule is CC/C=C\C/C=C\C/C=C\C/C=C\CCCCCCCCCCC(=O)OCC(COC(=O)CCCCCCC/C=C\CCCCC)OC(=O)CCCCCCCCCCCCCCCCC. The zero-order valence-corrected chi connectivity index (χ0v) is 43.7. The standard InChI is InChI=1S/C60H106O6/c1-4-7-10-13-16-19-22-25-27-28-29-30-31-32-34-35-38-41-44-47-50-53-59(62)65-56-57(55-64-58(61)52-49-46-43-40-37-24-21-18-15-12-9-6-3)66-60(63)54-51-48-45-42-39-36-33-26-23-20-17-14-11-8-5-2/h7,10,16,18-19,21,25,27,29-30,57H,4-6,8-9,11-15,17,20,22-24,26,28,31-56H2,1-3H3/b10-7-,19-16-,21-18-,27-25-,30-29-. The van der Waals surface area contributed by atoms with Crippen molar-refractivity contribution < 1.29 is 28.6 Å². The van der Waals surface area contributed by atoms with E-state index in [1.165, 1.54) is 148 Å². The van der Waals surface area contributed by atoms with E-state index in [2.05, 4.69) is 81.5 Å². The van der Waals surface area contributed by atoms with E-state index in [1.807, 2.05) is 0 Å². The maximum Gasteiger partial charge on any atom is 0.306 e. The van der Waals surface area contributed by atoms with Gasteiger partial charge in [-0.2, -0.15) is 0 Å². The van der Waals surface area contributed by atoms with Crippen LogP contribution in [0.2, 0.25) is 0 Å². The Bertz CT molecular complexity index is 1200. The Morgan fingerprint density at radius 2 is 0.591 bits per heavy atom. The van der Waals surface area contributed by atoms with Crippen molar-refractivity contribution in [3.8, 4) is 0 Å². The van der Waals surface area contributed by atoms with Gasteiger partial charge in [-0.25, -0.2) is 0 Å². The molecule has 0 fully saturated rings. The smallest absolute Gasteiger partial charge is 0.306 e. The molecule has 0 radical (unpaired) electrons. The molecule has 0 aliphatic rings. The zero-order chi connectivity index (χ0) is 47.9. The van der Waals surface area contributed by atoms with E-state index in [4.69, 9.17) is 14.2 Å². The molecule has 0 rings (SSSR count). The van der Waals surface area contributed by atoms with Gasteiger partial charge < -0.3 is 14.2 Å². The van der Waals surface area contributed by atoms with Crippen LogP contribution in [0.1, 0.15) is 284 Å². The predicted molar refractivity (Wildman–Crippen MR) is 284 cm³/mol. The van der Waals surface area contributed by atoms with Gasteiger partial charge >= 0.3 is 17.9 Å². The summed E-state index contributed by atoms with van der Waals surface area (Å²) < 4.78 is 16.8. The van der Waals surface area contributed by atoms with Crippen molar-refractivity contribution in [1.29, 1.82) is 0 Å². The molecule has 0 heterocycles. The summed E-state index contributed by atoms with van der Waals surface area (Å²) in [6.07, 6.45) is 67.8. The Morgan fingerprint density at radius 1 is 0.318 bits per heavy atom. The zero-order valence-electron chi connectivity index (χ0n) is 43.7. The third kappa shape index (κ3) is 52.1. The fourth-order valence-electron chi connectivity index (χ4n) is 8.02. The highest BCUT2D eigenvalue weighted by atomic mass is 16.6. The average molecular weight is 924 g/mol. The maximum atomic E-state index is 12.8. The van der Waals surface area contributed by atoms with Crippen molar-refractivity contribution in [3.05, 3.63) is 60.8 Å². The summed E-state index contributed by atoms with van der Waals surface area (Å²) in [4.78, 5) is 38.1. The second-order valence-corrected chi connectivity index (χ2v) is 18.8. The number of allylic oxidation sites excluding steroid dienone is 10. The minimum absolute atomic E-state index is 0.0786. The molecular formula is C60H106O6. The molecule has 0 saturated carbocycles. The summed E-state index contributed by atoms with van der Waals surface area (Å²) in [5.74, 6) is -0.884. The van der Waals surface area contributed by atoms with Crippen molar-refractivity contribution in [2.75, 3.05) is 13.2 Å². The summed E-state index contributed by atoms with van der Waals surface area (Å²) in [7, 11) is 0. The van der Waals surface area contributed by atoms with Crippen molar-refractivity contribution in [2.24, 2.45) is 0 Å². The fourth-order valence-corrected chi connectivity index (χ4v) is 8.02. The van der Waals surface area contributed by atoms with Gasteiger partial charge in [-0.1, -0.05) is 242 Å². The molecule has 0 aromatic heterocycles. The molecule has 0 aliphatic carbocycles. The second kappa shape index (κ2) is 54.7. The lowest BCUT2D eigenvalue weighted by Gasteiger charge is -2.18. The van der Waals surface area contributed by atoms with Crippen LogP contribution in [0.3, 0.4) is 0 Å². The fraction of sp³-hybridized carbons (Fsp3) is 0.783. The second-order valence-electron chi connectivity index (χ2n) is 18.8. The highest BCUT2D eigenvalue weighted by Crippen LogP contribution is 2.16. The minimum Gasteiger partial charge on any atom is -0.462 e. The minimum atomic E-state index is -0.778. The quantitative estimate of drug-likeness (QED) is 0.0262. The van der Waals surface area contributed by atoms with Crippen molar-refractivity contribution in [1.82, 2.24) is 0 Å². The molecular weight excluding hydrogens is 817 g/mol. The van der Waals surface area contributed by atoms with E-state index in [1.54, 1.807) is 0 Å². The van der Waals surface area contributed by atoms with E-state index in [0.717, 1.165) is 96.3 Å². The molecule has 66 heavy (non-hydrogen) atoms. The van der Waals surface area contributed by atoms with E-state index >= 15 is 0 Å². The van der Waals surface area contributed by atoms with Crippen LogP contribution in [-0.2, 0) is 28.6 Å².